The van der Waals surface area contributed by atoms with Crippen molar-refractivity contribution in [3.63, 3.8) is 0 Å². The van der Waals surface area contributed by atoms with Crippen LogP contribution >= 0.6 is 0 Å². The summed E-state index contributed by atoms with van der Waals surface area (Å²) in [7, 11) is 6.44. The number of nitrogens with one attached hydrogen (secondary N) is 1. The van der Waals surface area contributed by atoms with E-state index in [1.54, 1.807) is 114 Å². The van der Waals surface area contributed by atoms with E-state index in [2.05, 4.69) is 19.2 Å². The van der Waals surface area contributed by atoms with Gasteiger partial charge in [-0.2, -0.15) is 0 Å². The van der Waals surface area contributed by atoms with Crippen LogP contribution in [-0.2, 0) is 37.9 Å². The summed E-state index contributed by atoms with van der Waals surface area (Å²) in [6.45, 7) is 31.5. The molecule has 1 unspecified atom stereocenters. The molecule has 0 saturated carbocycles. The molecule has 1 aliphatic rings. The van der Waals surface area contributed by atoms with Crippen LogP contribution in [0.15, 0.2) is 36.4 Å². The van der Waals surface area contributed by atoms with Crippen molar-refractivity contribution in [2.45, 2.75) is 183 Å². The summed E-state index contributed by atoms with van der Waals surface area (Å²) in [5.74, 6) is 2.30. The molecule has 0 aromatic heterocycles. The van der Waals surface area contributed by atoms with E-state index in [-0.39, 0.29) is 49.0 Å². The second-order valence-electron chi connectivity index (χ2n) is 23.8. The van der Waals surface area contributed by atoms with Crippen molar-refractivity contribution in [2.75, 3.05) is 68.1 Å². The number of amides is 2. The lowest BCUT2D eigenvalue weighted by molar-refractivity contribution is -0.0239. The monoisotopic (exact) mass is 1090 g/mol. The molecule has 19 heteroatoms. The predicted octanol–water partition coefficient (Wildman–Crippen LogP) is 12.0. The number of likely N-dealkylation sites (tertiary alicyclic amines) is 1. The highest BCUT2D eigenvalue weighted by molar-refractivity contribution is 5.70. The average molecular weight is 1090 g/mol. The van der Waals surface area contributed by atoms with Gasteiger partial charge in [-0.3, -0.25) is 4.90 Å². The van der Waals surface area contributed by atoms with Crippen molar-refractivity contribution in [1.29, 1.82) is 0 Å². The number of carbonyl (C=O) groups excluding carboxylic acids is 4. The van der Waals surface area contributed by atoms with Crippen LogP contribution < -0.4 is 24.3 Å². The lowest BCUT2D eigenvalue weighted by atomic mass is 9.82. The number of benzene rings is 2. The zero-order valence-corrected chi connectivity index (χ0v) is 50.1. The van der Waals surface area contributed by atoms with Crippen LogP contribution in [-0.4, -0.2) is 137 Å². The number of ether oxygens (including phenoxy) is 12. The van der Waals surface area contributed by atoms with Gasteiger partial charge < -0.3 is 67.3 Å². The van der Waals surface area contributed by atoms with Gasteiger partial charge >= 0.3 is 24.5 Å². The number of alkyl carbamates (subject to hydrolysis) is 1. The van der Waals surface area contributed by atoms with Crippen molar-refractivity contribution < 1.29 is 81.1 Å². The van der Waals surface area contributed by atoms with E-state index in [0.29, 0.717) is 74.3 Å². The molecule has 2 amide bonds. The number of hydrogen-bond donors (Lipinski definition) is 2. The molecular weight excluding hydrogens is 997 g/mol. The van der Waals surface area contributed by atoms with E-state index in [4.69, 9.17) is 56.8 Å². The molecule has 0 bridgehead atoms. The largest absolute Gasteiger partial charge is 0.508 e. The Morgan fingerprint density at radius 1 is 0.636 bits per heavy atom. The van der Waals surface area contributed by atoms with Crippen molar-refractivity contribution in [2.24, 2.45) is 23.7 Å². The van der Waals surface area contributed by atoms with Gasteiger partial charge in [0.2, 0.25) is 0 Å². The maximum atomic E-state index is 13.6. The minimum atomic E-state index is -0.901. The molecule has 0 radical (unpaired) electrons. The van der Waals surface area contributed by atoms with Gasteiger partial charge in [0.25, 0.3) is 0 Å². The van der Waals surface area contributed by atoms with E-state index in [1.165, 1.54) is 0 Å². The minimum Gasteiger partial charge on any atom is -0.493 e. The fraction of sp³-hybridized carbons (Fsp3) is 0.724. The molecule has 0 spiro atoms. The summed E-state index contributed by atoms with van der Waals surface area (Å²) in [4.78, 5) is 52.5. The van der Waals surface area contributed by atoms with E-state index < -0.39 is 59.0 Å². The van der Waals surface area contributed by atoms with Crippen LogP contribution in [0, 0.1) is 23.7 Å². The Bertz CT molecular complexity index is 2100. The molecule has 1 heterocycles. The van der Waals surface area contributed by atoms with E-state index >= 15 is 0 Å². The maximum Gasteiger partial charge on any atom is 0.508 e. The van der Waals surface area contributed by atoms with Gasteiger partial charge in [0.15, 0.2) is 23.0 Å². The molecule has 0 aliphatic carbocycles. The molecule has 2 aromatic carbocycles. The molecule has 1 saturated heterocycles. The highest BCUT2D eigenvalue weighted by atomic mass is 16.7. The molecular formula is C58H96N2O17. The highest BCUT2D eigenvalue weighted by Crippen LogP contribution is 2.47. The summed E-state index contributed by atoms with van der Waals surface area (Å²) < 4.78 is 65.7. The van der Waals surface area contributed by atoms with Crippen LogP contribution in [0.25, 0.3) is 0 Å². The summed E-state index contributed by atoms with van der Waals surface area (Å²) in [6.07, 6.45) is -1.23. The first-order valence-corrected chi connectivity index (χ1v) is 26.7. The van der Waals surface area contributed by atoms with E-state index in [1.807, 2.05) is 52.8 Å². The fourth-order valence-electron chi connectivity index (χ4n) is 8.39. The van der Waals surface area contributed by atoms with Crippen LogP contribution in [0.5, 0.6) is 23.0 Å². The van der Waals surface area contributed by atoms with Gasteiger partial charge in [-0.1, -0.05) is 39.8 Å². The molecule has 440 valence electrons. The number of hydrogen-bond acceptors (Lipinski definition) is 17. The molecule has 19 nitrogen and oxygen atoms in total. The number of rotatable bonds is 24. The standard InChI is InChI=1S/C29H49NO9.C29H47NO8/c1-19(2)22(25(31)20-12-13-23(35-10)24(16-20)36-15-11-14-34-9)17-21(30-26(32)38-28(3,4)5)18-37-27(33)39-29(6,7)8;1-19(2)22-17-21(18-36-27(32)38-29(6,7)8)30(26(31)37-28(3,4)5)25(22)20-12-13-23(34-10)24(16-20)35-15-11-14-33-9/h12-13,16,19,21-22,25,31H,11,14-15,17-18H2,1-10H3,(H,30,32);12-13,16,19,21-22,25H,11,14-15,17-18H2,1-10H3/t21-,22-,25?;21-,22-,25-/m00/s1. The molecule has 6 atom stereocenters. The SMILES string of the molecule is COCCCOc1cc(C(O)[C@@H](C[C@@H](COC(=O)OC(C)(C)C)NC(=O)OC(C)(C)C)C(C)C)ccc1OC.COCCCOc1cc([C@H]2[C@H](C(C)C)C[C@@H](COC(=O)OC(C)(C)C)N2C(=O)OC(C)(C)C)ccc1OC. The highest BCUT2D eigenvalue weighted by Gasteiger charge is 2.48. The van der Waals surface area contributed by atoms with Crippen molar-refractivity contribution >= 4 is 24.5 Å². The summed E-state index contributed by atoms with van der Waals surface area (Å²) in [5.41, 5.74) is -1.26. The smallest absolute Gasteiger partial charge is 0.493 e. The third-order valence-corrected chi connectivity index (χ3v) is 11.8. The van der Waals surface area contributed by atoms with Gasteiger partial charge in [-0.15, -0.1) is 0 Å². The summed E-state index contributed by atoms with van der Waals surface area (Å²) in [6, 6.07) is 9.70. The number of nitrogens with zero attached hydrogens (tertiary/aromatic N) is 1. The number of methoxy groups -OCH3 is 4. The van der Waals surface area contributed by atoms with Crippen LogP contribution in [0.2, 0.25) is 0 Å². The normalized spacial score (nSPS) is 17.0. The van der Waals surface area contributed by atoms with Gasteiger partial charge in [-0.25, -0.2) is 19.2 Å². The molecule has 3 rings (SSSR count). The van der Waals surface area contributed by atoms with E-state index in [9.17, 15) is 24.3 Å². The summed E-state index contributed by atoms with van der Waals surface area (Å²) in [5, 5.41) is 14.2. The van der Waals surface area contributed by atoms with E-state index in [0.717, 1.165) is 12.0 Å². The third kappa shape index (κ3) is 25.3. The zero-order valence-electron chi connectivity index (χ0n) is 50.1. The summed E-state index contributed by atoms with van der Waals surface area (Å²) >= 11 is 0. The first kappa shape index (κ1) is 67.7. The Kier molecular flexibility index (Phi) is 27.5. The number of carbonyl (C=O) groups is 4. The quantitative estimate of drug-likeness (QED) is 0.0568. The number of aliphatic hydroxyl groups excluding tert-OH is 1. The first-order valence-electron chi connectivity index (χ1n) is 26.7. The second-order valence-corrected chi connectivity index (χ2v) is 23.8. The molecule has 1 aliphatic heterocycles. The minimum absolute atomic E-state index is 0.00437. The van der Waals surface area contributed by atoms with Gasteiger partial charge in [0, 0.05) is 40.3 Å². The topological polar surface area (TPSA) is 215 Å². The van der Waals surface area contributed by atoms with Gasteiger partial charge in [0.1, 0.15) is 35.6 Å². The lowest BCUT2D eigenvalue weighted by Crippen LogP contribution is -2.44. The zero-order chi connectivity index (χ0) is 58.5. The van der Waals surface area contributed by atoms with Crippen LogP contribution in [0.1, 0.15) is 160 Å². The fourth-order valence-corrected chi connectivity index (χ4v) is 8.39. The molecule has 2 aromatic rings. The molecule has 2 N–H and O–H groups in total. The Hall–Kier alpha value is -5.40. The van der Waals surface area contributed by atoms with Gasteiger partial charge in [0.05, 0.1) is 51.7 Å². The number of aliphatic hydroxyl groups is 1. The van der Waals surface area contributed by atoms with Crippen LogP contribution in [0.3, 0.4) is 0 Å². The van der Waals surface area contributed by atoms with Gasteiger partial charge in [-0.05, 0) is 155 Å². The maximum absolute atomic E-state index is 13.6. The average Bonchev–Trinajstić information content (AvgIpc) is 3.70. The second kappa shape index (κ2) is 31.3. The third-order valence-electron chi connectivity index (χ3n) is 11.8. The van der Waals surface area contributed by atoms with Crippen molar-refractivity contribution in [3.8, 4) is 23.0 Å². The van der Waals surface area contributed by atoms with Crippen molar-refractivity contribution in [1.82, 2.24) is 10.2 Å². The Morgan fingerprint density at radius 2 is 1.13 bits per heavy atom. The molecule has 77 heavy (non-hydrogen) atoms. The van der Waals surface area contributed by atoms with Crippen LogP contribution in [0.4, 0.5) is 19.2 Å². The lowest BCUT2D eigenvalue weighted by Gasteiger charge is -2.34. The predicted molar refractivity (Wildman–Crippen MR) is 293 cm³/mol. The van der Waals surface area contributed by atoms with Crippen molar-refractivity contribution in [3.05, 3.63) is 47.5 Å². The first-order chi connectivity index (χ1) is 35.7. The Balaban J connectivity index is 0.000000527. The Morgan fingerprint density at radius 3 is 1.60 bits per heavy atom. The Labute approximate surface area is 459 Å². The molecule has 1 fully saturated rings.